The molecule has 0 saturated carbocycles. The largest absolute Gasteiger partial charge is 0.490 e. The number of hydrogen-bond acceptors (Lipinski definition) is 6. The van der Waals surface area contributed by atoms with Gasteiger partial charge in [0.15, 0.2) is 0 Å². The average molecular weight is 412 g/mol. The van der Waals surface area contributed by atoms with E-state index in [1.165, 1.54) is 0 Å². The summed E-state index contributed by atoms with van der Waals surface area (Å²) in [5.41, 5.74) is 0.440. The molecule has 1 amide bonds. The van der Waals surface area contributed by atoms with E-state index in [-0.39, 0.29) is 5.91 Å². The molecule has 1 N–H and O–H groups in total. The normalized spacial score (nSPS) is 21.4. The summed E-state index contributed by atoms with van der Waals surface area (Å²) in [7, 11) is 0. The van der Waals surface area contributed by atoms with Gasteiger partial charge in [-0.25, -0.2) is 9.78 Å². The van der Waals surface area contributed by atoms with Crippen LogP contribution < -0.4 is 0 Å². The lowest BCUT2D eigenvalue weighted by Gasteiger charge is -2.20. The lowest BCUT2D eigenvalue weighted by Crippen LogP contribution is -2.33. The van der Waals surface area contributed by atoms with Crippen molar-refractivity contribution in [3.05, 3.63) is 48.4 Å². The summed E-state index contributed by atoms with van der Waals surface area (Å²) < 4.78 is 37.1. The molecule has 0 aliphatic carbocycles. The maximum atomic E-state index is 12.4. The second kappa shape index (κ2) is 8.60. The number of fused-ring (bicyclic) bond motifs is 1. The molecule has 0 bridgehead atoms. The monoisotopic (exact) mass is 412 g/mol. The van der Waals surface area contributed by atoms with Gasteiger partial charge in [-0.15, -0.1) is 0 Å². The molecule has 2 aromatic heterocycles. The molecule has 2 fully saturated rings. The van der Waals surface area contributed by atoms with Crippen LogP contribution in [0.2, 0.25) is 0 Å². The van der Waals surface area contributed by atoms with Crippen molar-refractivity contribution in [1.29, 1.82) is 0 Å². The third kappa shape index (κ3) is 5.31. The molecule has 2 atom stereocenters. The topological polar surface area (TPSA) is 99.8 Å². The number of amides is 1. The summed E-state index contributed by atoms with van der Waals surface area (Å²) in [4.78, 5) is 33.7. The summed E-state index contributed by atoms with van der Waals surface area (Å²) in [5, 5.41) is 7.12. The molecule has 2 aliphatic rings. The molecule has 0 unspecified atom stereocenters. The number of aromatic nitrogens is 2. The van der Waals surface area contributed by atoms with Crippen LogP contribution in [0.3, 0.4) is 0 Å². The summed E-state index contributed by atoms with van der Waals surface area (Å²) in [6, 6.07) is 3.94. The smallest absolute Gasteiger partial charge is 0.475 e. The number of likely N-dealkylation sites (tertiary alicyclic amines) is 2. The van der Waals surface area contributed by atoms with Crippen LogP contribution in [0.4, 0.5) is 13.2 Å². The molecule has 0 spiro atoms. The van der Waals surface area contributed by atoms with Gasteiger partial charge in [0.25, 0.3) is 5.91 Å². The predicted octanol–water partition coefficient (Wildman–Crippen LogP) is 1.91. The van der Waals surface area contributed by atoms with E-state index in [9.17, 15) is 18.0 Å². The fraction of sp³-hybridized carbons (Fsp3) is 0.444. The lowest BCUT2D eigenvalue weighted by atomic mass is 10.0. The SMILES string of the molecule is O=C(O)C(F)(F)F.O=C(c1cnccn1)N1C[C@H]2CN(Cc3ccco3)C[C@H]2C1. The van der Waals surface area contributed by atoms with Crippen molar-refractivity contribution in [1.82, 2.24) is 19.8 Å². The van der Waals surface area contributed by atoms with Crippen LogP contribution in [0, 0.1) is 11.8 Å². The van der Waals surface area contributed by atoms with E-state index in [2.05, 4.69) is 14.9 Å². The minimum Gasteiger partial charge on any atom is -0.475 e. The Kier molecular flexibility index (Phi) is 6.16. The van der Waals surface area contributed by atoms with E-state index < -0.39 is 12.1 Å². The Hall–Kier alpha value is -2.95. The zero-order valence-electron chi connectivity index (χ0n) is 15.2. The Morgan fingerprint density at radius 1 is 1.17 bits per heavy atom. The number of nitrogens with zero attached hydrogens (tertiary/aromatic N) is 4. The first-order valence-electron chi connectivity index (χ1n) is 8.84. The Morgan fingerprint density at radius 2 is 1.83 bits per heavy atom. The third-order valence-electron chi connectivity index (χ3n) is 4.83. The minimum absolute atomic E-state index is 0.0000783. The van der Waals surface area contributed by atoms with E-state index in [4.69, 9.17) is 14.3 Å². The van der Waals surface area contributed by atoms with Crippen molar-refractivity contribution in [2.75, 3.05) is 26.2 Å². The highest BCUT2D eigenvalue weighted by atomic mass is 19.4. The molecule has 0 aromatic carbocycles. The van der Waals surface area contributed by atoms with E-state index in [1.807, 2.05) is 17.0 Å². The van der Waals surface area contributed by atoms with Crippen molar-refractivity contribution in [3.8, 4) is 0 Å². The highest BCUT2D eigenvalue weighted by Crippen LogP contribution is 2.32. The number of hydrogen-bond donors (Lipinski definition) is 1. The second-order valence-electron chi connectivity index (χ2n) is 6.90. The van der Waals surface area contributed by atoms with Crippen LogP contribution in [-0.4, -0.2) is 69.1 Å². The number of carboxylic acid groups (broad SMARTS) is 1. The lowest BCUT2D eigenvalue weighted by molar-refractivity contribution is -0.192. The summed E-state index contributed by atoms with van der Waals surface area (Å²) in [5.74, 6) is -0.647. The summed E-state index contributed by atoms with van der Waals surface area (Å²) in [6.07, 6.45) is 1.32. The van der Waals surface area contributed by atoms with Crippen LogP contribution in [0.15, 0.2) is 41.4 Å². The van der Waals surface area contributed by atoms with E-state index in [0.717, 1.165) is 38.5 Å². The van der Waals surface area contributed by atoms with Gasteiger partial charge in [0, 0.05) is 38.6 Å². The molecule has 4 heterocycles. The fourth-order valence-corrected chi connectivity index (χ4v) is 3.58. The predicted molar refractivity (Wildman–Crippen MR) is 92.6 cm³/mol. The number of halogens is 3. The number of carbonyl (C=O) groups excluding carboxylic acids is 1. The van der Waals surface area contributed by atoms with Crippen molar-refractivity contribution >= 4 is 11.9 Å². The van der Waals surface area contributed by atoms with E-state index >= 15 is 0 Å². The average Bonchev–Trinajstić information content (AvgIpc) is 3.38. The Labute approximate surface area is 163 Å². The zero-order chi connectivity index (χ0) is 21.0. The van der Waals surface area contributed by atoms with Crippen LogP contribution >= 0.6 is 0 Å². The van der Waals surface area contributed by atoms with E-state index in [0.29, 0.717) is 17.5 Å². The first-order chi connectivity index (χ1) is 13.7. The van der Waals surface area contributed by atoms with Crippen molar-refractivity contribution in [2.45, 2.75) is 12.7 Å². The van der Waals surface area contributed by atoms with Crippen LogP contribution in [0.1, 0.15) is 16.2 Å². The highest BCUT2D eigenvalue weighted by molar-refractivity contribution is 5.92. The number of furan rings is 1. The molecular formula is C18H19F3N4O4. The maximum absolute atomic E-state index is 12.4. The molecule has 2 saturated heterocycles. The molecule has 11 heteroatoms. The number of aliphatic carboxylic acids is 1. The molecule has 2 aliphatic heterocycles. The molecule has 2 aromatic rings. The van der Waals surface area contributed by atoms with Gasteiger partial charge in [0.2, 0.25) is 0 Å². The van der Waals surface area contributed by atoms with Crippen molar-refractivity contribution in [3.63, 3.8) is 0 Å². The van der Waals surface area contributed by atoms with Gasteiger partial charge in [-0.2, -0.15) is 13.2 Å². The minimum atomic E-state index is -5.08. The molecule has 4 rings (SSSR count). The molecule has 156 valence electrons. The Bertz CT molecular complexity index is 815. The highest BCUT2D eigenvalue weighted by Gasteiger charge is 2.42. The molecular weight excluding hydrogens is 393 g/mol. The zero-order valence-corrected chi connectivity index (χ0v) is 15.2. The first-order valence-corrected chi connectivity index (χ1v) is 8.84. The Morgan fingerprint density at radius 3 is 2.31 bits per heavy atom. The summed E-state index contributed by atoms with van der Waals surface area (Å²) in [6.45, 7) is 4.53. The van der Waals surface area contributed by atoms with Gasteiger partial charge in [-0.05, 0) is 24.0 Å². The Balaban J connectivity index is 0.000000298. The molecule has 8 nitrogen and oxygen atoms in total. The summed E-state index contributed by atoms with van der Waals surface area (Å²) >= 11 is 0. The number of alkyl halides is 3. The fourth-order valence-electron chi connectivity index (χ4n) is 3.58. The van der Waals surface area contributed by atoms with Crippen LogP contribution in [-0.2, 0) is 11.3 Å². The van der Waals surface area contributed by atoms with Crippen LogP contribution in [0.25, 0.3) is 0 Å². The number of carbonyl (C=O) groups is 2. The first kappa shape index (κ1) is 20.8. The standard InChI is InChI=1S/C16H18N4O2.C2HF3O2/c21-16(15-6-17-3-4-18-15)20-9-12-7-19(8-13(12)10-20)11-14-2-1-5-22-14;3-2(4,5)1(6)7/h1-6,12-13H,7-11H2;(H,6,7)/t12-,13+;. The van der Waals surface area contributed by atoms with Gasteiger partial charge in [-0.3, -0.25) is 14.7 Å². The van der Waals surface area contributed by atoms with E-state index in [1.54, 1.807) is 24.9 Å². The van der Waals surface area contributed by atoms with Crippen molar-refractivity contribution in [2.24, 2.45) is 11.8 Å². The number of rotatable bonds is 3. The van der Waals surface area contributed by atoms with Gasteiger partial charge in [-0.1, -0.05) is 0 Å². The third-order valence-corrected chi connectivity index (χ3v) is 4.83. The second-order valence-corrected chi connectivity index (χ2v) is 6.90. The van der Waals surface area contributed by atoms with Crippen LogP contribution in [0.5, 0.6) is 0 Å². The molecule has 0 radical (unpaired) electrons. The maximum Gasteiger partial charge on any atom is 0.490 e. The quantitative estimate of drug-likeness (QED) is 0.822. The van der Waals surface area contributed by atoms with Crippen molar-refractivity contribution < 1.29 is 32.3 Å². The van der Waals surface area contributed by atoms with Gasteiger partial charge >= 0.3 is 12.1 Å². The van der Waals surface area contributed by atoms with Gasteiger partial charge in [0.05, 0.1) is 19.0 Å². The van der Waals surface area contributed by atoms with Gasteiger partial charge in [0.1, 0.15) is 11.5 Å². The number of carboxylic acids is 1. The molecule has 29 heavy (non-hydrogen) atoms. The van der Waals surface area contributed by atoms with Gasteiger partial charge < -0.3 is 14.4 Å².